The Morgan fingerprint density at radius 2 is 1.94 bits per heavy atom. The van der Waals surface area contributed by atoms with Crippen molar-refractivity contribution < 1.29 is 9.94 Å². The Labute approximate surface area is 109 Å². The summed E-state index contributed by atoms with van der Waals surface area (Å²) in [7, 11) is 0. The Hall–Kier alpha value is -2.07. The summed E-state index contributed by atoms with van der Waals surface area (Å²) in [5.41, 5.74) is 0.707. The average Bonchev–Trinajstić information content (AvgIpc) is 2.42. The van der Waals surface area contributed by atoms with Crippen molar-refractivity contribution >= 4 is 16.8 Å². The summed E-state index contributed by atoms with van der Waals surface area (Å²) < 4.78 is 5.59. The van der Waals surface area contributed by atoms with Gasteiger partial charge in [0.15, 0.2) is 5.17 Å². The number of para-hydroxylation sites is 1. The van der Waals surface area contributed by atoms with Gasteiger partial charge in [-0.1, -0.05) is 35.0 Å². The summed E-state index contributed by atoms with van der Waals surface area (Å²) in [6.07, 6.45) is 1.90. The van der Waals surface area contributed by atoms with Gasteiger partial charge in [0, 0.05) is 12.1 Å². The second-order valence-electron chi connectivity index (χ2n) is 3.55. The van der Waals surface area contributed by atoms with Crippen molar-refractivity contribution in [2.45, 2.75) is 6.42 Å². The van der Waals surface area contributed by atoms with Crippen molar-refractivity contribution in [2.75, 3.05) is 0 Å². The van der Waals surface area contributed by atoms with E-state index in [1.54, 1.807) is 18.3 Å². The van der Waals surface area contributed by atoms with Crippen LogP contribution in [0.2, 0.25) is 0 Å². The third kappa shape index (κ3) is 3.46. The van der Waals surface area contributed by atoms with Crippen LogP contribution < -0.4 is 4.74 Å². The van der Waals surface area contributed by atoms with Crippen molar-refractivity contribution in [3.05, 3.63) is 54.4 Å². The zero-order valence-corrected chi connectivity index (χ0v) is 10.2. The van der Waals surface area contributed by atoms with E-state index in [4.69, 9.17) is 21.5 Å². The Bertz CT molecular complexity index is 526. The van der Waals surface area contributed by atoms with Gasteiger partial charge in [-0.25, -0.2) is 0 Å². The molecule has 5 heteroatoms. The van der Waals surface area contributed by atoms with Crippen LogP contribution in [0.1, 0.15) is 5.69 Å². The van der Waals surface area contributed by atoms with Gasteiger partial charge in [0.25, 0.3) is 0 Å². The van der Waals surface area contributed by atoms with Crippen LogP contribution in [0.5, 0.6) is 11.5 Å². The standard InChI is InChI=1S/C13H11ClN2O2/c14-13(16-17)8-10-6-7-12(9-15-10)18-11-4-2-1-3-5-11/h1-7,9,17H,8H2. The topological polar surface area (TPSA) is 54.7 Å². The van der Waals surface area contributed by atoms with Gasteiger partial charge in [-0.2, -0.15) is 0 Å². The molecule has 1 heterocycles. The fourth-order valence-corrected chi connectivity index (χ4v) is 1.52. The van der Waals surface area contributed by atoms with Gasteiger partial charge >= 0.3 is 0 Å². The monoisotopic (exact) mass is 262 g/mol. The minimum atomic E-state index is 0.0965. The van der Waals surface area contributed by atoms with E-state index >= 15 is 0 Å². The van der Waals surface area contributed by atoms with E-state index in [9.17, 15) is 0 Å². The first kappa shape index (κ1) is 12.4. The number of ether oxygens (including phenoxy) is 1. The Morgan fingerprint density at radius 3 is 2.56 bits per heavy atom. The molecule has 4 nitrogen and oxygen atoms in total. The van der Waals surface area contributed by atoms with E-state index in [0.29, 0.717) is 17.9 Å². The third-order valence-corrected chi connectivity index (χ3v) is 2.42. The van der Waals surface area contributed by atoms with Crippen LogP contribution in [0, 0.1) is 0 Å². The fraction of sp³-hybridized carbons (Fsp3) is 0.0769. The van der Waals surface area contributed by atoms with Crippen LogP contribution in [0.15, 0.2) is 53.8 Å². The molecule has 0 aliphatic heterocycles. The summed E-state index contributed by atoms with van der Waals surface area (Å²) in [5, 5.41) is 11.4. The predicted molar refractivity (Wildman–Crippen MR) is 69.5 cm³/mol. The minimum Gasteiger partial charge on any atom is -0.456 e. The van der Waals surface area contributed by atoms with E-state index in [0.717, 1.165) is 5.75 Å². The van der Waals surface area contributed by atoms with Gasteiger partial charge in [0.1, 0.15) is 11.5 Å². The number of hydrogen-bond acceptors (Lipinski definition) is 4. The molecule has 0 fully saturated rings. The quantitative estimate of drug-likeness (QED) is 0.522. The molecule has 0 atom stereocenters. The largest absolute Gasteiger partial charge is 0.456 e. The third-order valence-electron chi connectivity index (χ3n) is 2.21. The van der Waals surface area contributed by atoms with Gasteiger partial charge < -0.3 is 9.94 Å². The number of aromatic nitrogens is 1. The summed E-state index contributed by atoms with van der Waals surface area (Å²) in [6, 6.07) is 13.0. The molecule has 92 valence electrons. The lowest BCUT2D eigenvalue weighted by atomic mass is 10.3. The highest BCUT2D eigenvalue weighted by atomic mass is 35.5. The van der Waals surface area contributed by atoms with E-state index in [2.05, 4.69) is 10.1 Å². The lowest BCUT2D eigenvalue weighted by Gasteiger charge is -2.05. The number of pyridine rings is 1. The van der Waals surface area contributed by atoms with Crippen molar-refractivity contribution in [1.82, 2.24) is 4.98 Å². The van der Waals surface area contributed by atoms with Crippen molar-refractivity contribution in [3.63, 3.8) is 0 Å². The maximum atomic E-state index is 8.45. The van der Waals surface area contributed by atoms with Crippen LogP contribution in [0.25, 0.3) is 0 Å². The van der Waals surface area contributed by atoms with Crippen molar-refractivity contribution in [2.24, 2.45) is 5.16 Å². The molecule has 2 rings (SSSR count). The predicted octanol–water partition coefficient (Wildman–Crippen LogP) is 3.44. The van der Waals surface area contributed by atoms with Crippen LogP contribution in [-0.4, -0.2) is 15.4 Å². The van der Waals surface area contributed by atoms with Crippen LogP contribution in [0.4, 0.5) is 0 Å². The fourth-order valence-electron chi connectivity index (χ4n) is 1.39. The molecule has 0 spiro atoms. The maximum Gasteiger partial charge on any atom is 0.151 e. The van der Waals surface area contributed by atoms with Crippen molar-refractivity contribution in [3.8, 4) is 11.5 Å². The van der Waals surface area contributed by atoms with E-state index in [1.165, 1.54) is 0 Å². The number of oxime groups is 1. The van der Waals surface area contributed by atoms with Crippen LogP contribution in [0.3, 0.4) is 0 Å². The number of rotatable bonds is 4. The first-order chi connectivity index (χ1) is 8.78. The highest BCUT2D eigenvalue weighted by Crippen LogP contribution is 2.19. The smallest absolute Gasteiger partial charge is 0.151 e. The summed E-state index contributed by atoms with van der Waals surface area (Å²) in [5.74, 6) is 1.39. The SMILES string of the molecule is ON=C(Cl)Cc1ccc(Oc2ccccc2)cn1. The van der Waals surface area contributed by atoms with Crippen molar-refractivity contribution in [1.29, 1.82) is 0 Å². The van der Waals surface area contributed by atoms with Gasteiger partial charge in [0.2, 0.25) is 0 Å². The van der Waals surface area contributed by atoms with Gasteiger partial charge in [0.05, 0.1) is 6.20 Å². The molecular weight excluding hydrogens is 252 g/mol. The minimum absolute atomic E-state index is 0.0965. The van der Waals surface area contributed by atoms with Crippen LogP contribution >= 0.6 is 11.6 Å². The molecule has 1 aromatic heterocycles. The molecule has 0 bridgehead atoms. The van der Waals surface area contributed by atoms with Gasteiger partial charge in [-0.3, -0.25) is 4.98 Å². The lowest BCUT2D eigenvalue weighted by molar-refractivity contribution is 0.319. The zero-order valence-electron chi connectivity index (χ0n) is 9.45. The molecule has 0 amide bonds. The second-order valence-corrected chi connectivity index (χ2v) is 3.99. The van der Waals surface area contributed by atoms with E-state index in [1.807, 2.05) is 30.3 Å². The Kier molecular flexibility index (Phi) is 4.15. The highest BCUT2D eigenvalue weighted by molar-refractivity contribution is 6.65. The lowest BCUT2D eigenvalue weighted by Crippen LogP contribution is -1.97. The average molecular weight is 263 g/mol. The first-order valence-electron chi connectivity index (χ1n) is 5.32. The molecule has 0 unspecified atom stereocenters. The summed E-state index contributed by atoms with van der Waals surface area (Å²) >= 11 is 5.60. The maximum absolute atomic E-state index is 8.45. The summed E-state index contributed by atoms with van der Waals surface area (Å²) in [4.78, 5) is 4.16. The van der Waals surface area contributed by atoms with Gasteiger partial charge in [-0.05, 0) is 24.3 Å². The molecule has 1 N–H and O–H groups in total. The molecular formula is C13H11ClN2O2. The Morgan fingerprint density at radius 1 is 1.17 bits per heavy atom. The molecule has 2 aromatic rings. The molecule has 0 saturated heterocycles. The first-order valence-corrected chi connectivity index (χ1v) is 5.70. The summed E-state index contributed by atoms with van der Waals surface area (Å²) in [6.45, 7) is 0. The van der Waals surface area contributed by atoms with E-state index < -0.39 is 0 Å². The highest BCUT2D eigenvalue weighted by Gasteiger charge is 2.02. The zero-order chi connectivity index (χ0) is 12.8. The number of halogens is 1. The molecule has 0 aliphatic rings. The molecule has 0 aliphatic carbocycles. The second kappa shape index (κ2) is 6.02. The van der Waals surface area contributed by atoms with Crippen LogP contribution in [-0.2, 0) is 6.42 Å². The molecule has 0 saturated carbocycles. The molecule has 1 aromatic carbocycles. The van der Waals surface area contributed by atoms with Gasteiger partial charge in [-0.15, -0.1) is 0 Å². The molecule has 18 heavy (non-hydrogen) atoms. The Balaban J connectivity index is 2.04. The number of benzene rings is 1. The van der Waals surface area contributed by atoms with E-state index in [-0.39, 0.29) is 5.17 Å². The normalized spacial score (nSPS) is 11.3. The molecule has 0 radical (unpaired) electrons. The number of hydrogen-bond donors (Lipinski definition) is 1. The number of nitrogens with zero attached hydrogens (tertiary/aromatic N) is 2.